The van der Waals surface area contributed by atoms with E-state index in [-0.39, 0.29) is 0 Å². The van der Waals surface area contributed by atoms with Crippen LogP contribution in [0.3, 0.4) is 0 Å². The van der Waals surface area contributed by atoms with Crippen LogP contribution in [0.15, 0.2) is 85.5 Å². The third-order valence-corrected chi connectivity index (χ3v) is 4.85. The van der Waals surface area contributed by atoms with E-state index in [1.165, 1.54) is 6.08 Å². The maximum atomic E-state index is 11.9. The van der Waals surface area contributed by atoms with E-state index >= 15 is 0 Å². The van der Waals surface area contributed by atoms with Gasteiger partial charge in [0, 0.05) is 16.8 Å². The Bertz CT molecular complexity index is 1250. The summed E-state index contributed by atoms with van der Waals surface area (Å²) >= 11 is 0. The molecule has 5 aromatic rings. The zero-order valence-corrected chi connectivity index (χ0v) is 14.0. The van der Waals surface area contributed by atoms with Crippen molar-refractivity contribution in [2.24, 2.45) is 0 Å². The Kier molecular flexibility index (Phi) is 3.09. The van der Waals surface area contributed by atoms with E-state index in [1.54, 1.807) is 4.73 Å². The molecule has 124 valence electrons. The van der Waals surface area contributed by atoms with Gasteiger partial charge in [0.2, 0.25) is 0 Å². The van der Waals surface area contributed by atoms with Crippen LogP contribution in [0.1, 0.15) is 0 Å². The van der Waals surface area contributed by atoms with Crippen molar-refractivity contribution in [1.82, 2.24) is 4.73 Å². The second kappa shape index (κ2) is 5.46. The fraction of sp³-hybridized carbons (Fsp3) is 0. The summed E-state index contributed by atoms with van der Waals surface area (Å²) in [6.45, 7) is 3.51. The van der Waals surface area contributed by atoms with E-state index in [0.29, 0.717) is 0 Å². The van der Waals surface area contributed by atoms with Crippen LogP contribution < -0.4 is 4.84 Å². The van der Waals surface area contributed by atoms with Crippen LogP contribution in [0.25, 0.3) is 43.4 Å². The highest BCUT2D eigenvalue weighted by Gasteiger charge is 2.17. The van der Waals surface area contributed by atoms with E-state index in [0.717, 1.165) is 43.4 Å². The van der Waals surface area contributed by atoms with Gasteiger partial charge in [0.15, 0.2) is 0 Å². The third kappa shape index (κ3) is 1.97. The van der Waals surface area contributed by atoms with Crippen LogP contribution in [0.2, 0.25) is 0 Å². The summed E-state index contributed by atoms with van der Waals surface area (Å²) in [6, 6.07) is 24.7. The molecule has 26 heavy (non-hydrogen) atoms. The topological polar surface area (TPSA) is 31.2 Å². The summed E-state index contributed by atoms with van der Waals surface area (Å²) < 4.78 is 1.62. The molecule has 0 aliphatic rings. The highest BCUT2D eigenvalue weighted by molar-refractivity contribution is 6.27. The number of carbonyl (C=O) groups is 1. The largest absolute Gasteiger partial charge is 0.355 e. The average molecular weight is 337 g/mol. The summed E-state index contributed by atoms with van der Waals surface area (Å²) in [5, 5.41) is 6.77. The quantitative estimate of drug-likeness (QED) is 0.412. The van der Waals surface area contributed by atoms with Crippen LogP contribution in [0.4, 0.5) is 0 Å². The van der Waals surface area contributed by atoms with Gasteiger partial charge in [-0.15, -0.1) is 0 Å². The molecule has 0 radical (unpaired) electrons. The van der Waals surface area contributed by atoms with E-state index < -0.39 is 5.97 Å². The van der Waals surface area contributed by atoms with Crippen molar-refractivity contribution in [3.05, 3.63) is 85.5 Å². The van der Waals surface area contributed by atoms with Crippen LogP contribution in [-0.4, -0.2) is 10.7 Å². The lowest BCUT2D eigenvalue weighted by Crippen LogP contribution is -2.16. The molecule has 3 heteroatoms. The minimum atomic E-state index is -0.481. The van der Waals surface area contributed by atoms with Crippen LogP contribution in [0.5, 0.6) is 0 Å². The van der Waals surface area contributed by atoms with Gasteiger partial charge >= 0.3 is 5.97 Å². The summed E-state index contributed by atoms with van der Waals surface area (Å²) in [5.41, 5.74) is 1.73. The molecule has 3 nitrogen and oxygen atoms in total. The minimum Gasteiger partial charge on any atom is -0.331 e. The predicted octanol–water partition coefficient (Wildman–Crippen LogP) is 5.24. The second-order valence-corrected chi connectivity index (χ2v) is 6.27. The minimum absolute atomic E-state index is 0.481. The Morgan fingerprint density at radius 3 is 1.77 bits per heavy atom. The molecule has 0 saturated heterocycles. The van der Waals surface area contributed by atoms with Gasteiger partial charge in [-0.05, 0) is 33.7 Å². The predicted molar refractivity (Wildman–Crippen MR) is 106 cm³/mol. The molecule has 0 atom stereocenters. The van der Waals surface area contributed by atoms with Crippen molar-refractivity contribution in [2.45, 2.75) is 0 Å². The molecule has 5 rings (SSSR count). The van der Waals surface area contributed by atoms with Gasteiger partial charge < -0.3 is 4.84 Å². The SMILES string of the molecule is C=CC(=O)On1c2ccc3ccccc3c2c2c3ccccc3ccc21. The monoisotopic (exact) mass is 337 g/mol. The highest BCUT2D eigenvalue weighted by atomic mass is 16.7. The molecule has 4 aromatic carbocycles. The molecule has 1 heterocycles. The first-order valence-electron chi connectivity index (χ1n) is 8.46. The van der Waals surface area contributed by atoms with Gasteiger partial charge in [-0.1, -0.05) is 67.2 Å². The standard InChI is InChI=1S/C23H15NO2/c1-2-21(25)26-24-19-13-11-15-7-3-5-9-17(15)22(19)23-18-10-6-4-8-16(18)12-14-20(23)24/h2-14H,1H2. The summed E-state index contributed by atoms with van der Waals surface area (Å²) in [5.74, 6) is -0.481. The van der Waals surface area contributed by atoms with Crippen molar-refractivity contribution in [3.8, 4) is 0 Å². The maximum absolute atomic E-state index is 11.9. The first-order chi connectivity index (χ1) is 12.8. The van der Waals surface area contributed by atoms with E-state index in [2.05, 4.69) is 43.0 Å². The number of carbonyl (C=O) groups excluding carboxylic acids is 1. The van der Waals surface area contributed by atoms with Crippen LogP contribution in [0, 0.1) is 0 Å². The van der Waals surface area contributed by atoms with Crippen molar-refractivity contribution >= 4 is 49.3 Å². The van der Waals surface area contributed by atoms with E-state index in [1.807, 2.05) is 36.4 Å². The molecular formula is C23H15NO2. The molecular weight excluding hydrogens is 322 g/mol. The van der Waals surface area contributed by atoms with Crippen LogP contribution >= 0.6 is 0 Å². The molecule has 0 unspecified atom stereocenters. The number of rotatable bonds is 2. The highest BCUT2D eigenvalue weighted by Crippen LogP contribution is 2.38. The molecule has 0 bridgehead atoms. The van der Waals surface area contributed by atoms with Gasteiger partial charge in [0.25, 0.3) is 0 Å². The smallest absolute Gasteiger partial charge is 0.331 e. The van der Waals surface area contributed by atoms with Crippen molar-refractivity contribution < 1.29 is 9.63 Å². The lowest BCUT2D eigenvalue weighted by atomic mass is 10.00. The Hall–Kier alpha value is -3.59. The maximum Gasteiger partial charge on any atom is 0.355 e. The fourth-order valence-electron chi connectivity index (χ4n) is 3.74. The molecule has 0 aliphatic heterocycles. The van der Waals surface area contributed by atoms with Crippen molar-refractivity contribution in [3.63, 3.8) is 0 Å². The Balaban J connectivity index is 2.07. The number of aromatic nitrogens is 1. The van der Waals surface area contributed by atoms with Gasteiger partial charge in [0.05, 0.1) is 11.0 Å². The fourth-order valence-corrected chi connectivity index (χ4v) is 3.74. The zero-order chi connectivity index (χ0) is 17.7. The molecule has 0 saturated carbocycles. The number of hydrogen-bond donors (Lipinski definition) is 0. The zero-order valence-electron chi connectivity index (χ0n) is 14.0. The summed E-state index contributed by atoms with van der Waals surface area (Å²) in [6.07, 6.45) is 1.18. The van der Waals surface area contributed by atoms with Crippen molar-refractivity contribution in [2.75, 3.05) is 0 Å². The van der Waals surface area contributed by atoms with Gasteiger partial charge in [-0.3, -0.25) is 0 Å². The molecule has 0 N–H and O–H groups in total. The molecule has 0 aliphatic carbocycles. The summed E-state index contributed by atoms with van der Waals surface area (Å²) in [4.78, 5) is 17.5. The lowest BCUT2D eigenvalue weighted by Gasteiger charge is -2.06. The van der Waals surface area contributed by atoms with Gasteiger partial charge in [-0.2, -0.15) is 4.73 Å². The van der Waals surface area contributed by atoms with Gasteiger partial charge in [-0.25, -0.2) is 4.79 Å². The van der Waals surface area contributed by atoms with Crippen LogP contribution in [-0.2, 0) is 4.79 Å². The Morgan fingerprint density at radius 1 is 0.769 bits per heavy atom. The normalized spacial score (nSPS) is 11.4. The molecule has 0 fully saturated rings. The first kappa shape index (κ1) is 14.7. The van der Waals surface area contributed by atoms with E-state index in [9.17, 15) is 4.79 Å². The Labute approximate surface area is 149 Å². The molecule has 0 amide bonds. The van der Waals surface area contributed by atoms with E-state index in [4.69, 9.17) is 4.84 Å². The number of fused-ring (bicyclic) bond motifs is 7. The third-order valence-electron chi connectivity index (χ3n) is 4.85. The number of benzene rings is 4. The number of nitrogens with zero attached hydrogens (tertiary/aromatic N) is 1. The van der Waals surface area contributed by atoms with Gasteiger partial charge in [0.1, 0.15) is 0 Å². The molecule has 0 spiro atoms. The summed E-state index contributed by atoms with van der Waals surface area (Å²) in [7, 11) is 0. The van der Waals surface area contributed by atoms with Crippen molar-refractivity contribution in [1.29, 1.82) is 0 Å². The number of hydrogen-bond acceptors (Lipinski definition) is 2. The molecule has 1 aromatic heterocycles. The lowest BCUT2D eigenvalue weighted by molar-refractivity contribution is -0.137. The first-order valence-corrected chi connectivity index (χ1v) is 8.46. The second-order valence-electron chi connectivity index (χ2n) is 6.27. The average Bonchev–Trinajstić information content (AvgIpc) is 3.02. The Morgan fingerprint density at radius 2 is 1.27 bits per heavy atom.